The molecule has 2 aromatic heterocycles. The van der Waals surface area contributed by atoms with Crippen LogP contribution < -0.4 is 5.32 Å². The Labute approximate surface area is 147 Å². The van der Waals surface area contributed by atoms with Crippen molar-refractivity contribution in [1.29, 1.82) is 0 Å². The van der Waals surface area contributed by atoms with Crippen molar-refractivity contribution in [3.05, 3.63) is 57.9 Å². The van der Waals surface area contributed by atoms with Gasteiger partial charge >= 0.3 is 0 Å². The third-order valence-corrected chi connectivity index (χ3v) is 4.75. The van der Waals surface area contributed by atoms with Gasteiger partial charge in [-0.2, -0.15) is 0 Å². The summed E-state index contributed by atoms with van der Waals surface area (Å²) in [6.07, 6.45) is 0.512. The maximum Gasteiger partial charge on any atom is 0.277 e. The molecule has 24 heavy (non-hydrogen) atoms. The summed E-state index contributed by atoms with van der Waals surface area (Å²) < 4.78 is 5.54. The van der Waals surface area contributed by atoms with Crippen molar-refractivity contribution in [1.82, 2.24) is 20.5 Å². The van der Waals surface area contributed by atoms with E-state index in [1.165, 1.54) is 11.8 Å². The molecule has 2 heterocycles. The topological polar surface area (TPSA) is 80.9 Å². The van der Waals surface area contributed by atoms with Crippen LogP contribution >= 0.6 is 23.1 Å². The fraction of sp³-hybridized carbons (Fsp3) is 0.250. The average Bonchev–Trinajstić information content (AvgIpc) is 3.21. The Balaban J connectivity index is 1.44. The number of hydrogen-bond donors (Lipinski definition) is 1. The molecule has 0 saturated carbocycles. The third kappa shape index (κ3) is 4.90. The minimum absolute atomic E-state index is 0.0706. The van der Waals surface area contributed by atoms with Gasteiger partial charge in [0.1, 0.15) is 0 Å². The number of nitrogens with zero attached hydrogens (tertiary/aromatic N) is 3. The van der Waals surface area contributed by atoms with Crippen molar-refractivity contribution in [3.8, 4) is 0 Å². The molecule has 0 saturated heterocycles. The van der Waals surface area contributed by atoms with Crippen LogP contribution in [0, 0.1) is 6.92 Å². The molecule has 1 N–H and O–H groups in total. The van der Waals surface area contributed by atoms with Crippen LogP contribution in [0.25, 0.3) is 0 Å². The van der Waals surface area contributed by atoms with E-state index < -0.39 is 0 Å². The number of thiazole rings is 1. The second-order valence-corrected chi connectivity index (χ2v) is 7.04. The fourth-order valence-electron chi connectivity index (χ4n) is 1.99. The molecule has 0 aliphatic carbocycles. The number of aryl methyl sites for hydroxylation is 1. The molecular weight excluding hydrogens is 344 g/mol. The molecule has 0 bridgehead atoms. The van der Waals surface area contributed by atoms with Gasteiger partial charge in [0.05, 0.1) is 22.9 Å². The molecule has 6 nitrogen and oxygen atoms in total. The number of thioether (sulfide) groups is 1. The molecule has 0 aliphatic heterocycles. The Morgan fingerprint density at radius 2 is 2.12 bits per heavy atom. The molecule has 1 amide bonds. The summed E-state index contributed by atoms with van der Waals surface area (Å²) in [5, 5.41) is 14.2. The van der Waals surface area contributed by atoms with Crippen molar-refractivity contribution in [2.24, 2.45) is 0 Å². The maximum atomic E-state index is 11.9. The molecule has 8 heteroatoms. The molecule has 0 fully saturated rings. The highest BCUT2D eigenvalue weighted by molar-refractivity contribution is 7.99. The van der Waals surface area contributed by atoms with Gasteiger partial charge in [0.2, 0.25) is 11.8 Å². The summed E-state index contributed by atoms with van der Waals surface area (Å²) in [4.78, 5) is 16.2. The summed E-state index contributed by atoms with van der Waals surface area (Å²) in [6, 6.07) is 9.77. The SMILES string of the molecule is Cc1nc(Cc2nnc(SCC(=O)NCc3ccccc3)o2)cs1. The van der Waals surface area contributed by atoms with E-state index in [-0.39, 0.29) is 11.7 Å². The molecule has 0 atom stereocenters. The number of rotatable bonds is 7. The minimum Gasteiger partial charge on any atom is -0.416 e. The van der Waals surface area contributed by atoms with E-state index in [9.17, 15) is 4.79 Å². The van der Waals surface area contributed by atoms with Gasteiger partial charge in [-0.15, -0.1) is 21.5 Å². The molecule has 3 aromatic rings. The summed E-state index contributed by atoms with van der Waals surface area (Å²) in [7, 11) is 0. The first-order chi connectivity index (χ1) is 11.7. The zero-order chi connectivity index (χ0) is 16.8. The monoisotopic (exact) mass is 360 g/mol. The Morgan fingerprint density at radius 3 is 2.88 bits per heavy atom. The first kappa shape index (κ1) is 16.7. The van der Waals surface area contributed by atoms with Gasteiger partial charge in [0, 0.05) is 11.9 Å². The molecule has 3 rings (SSSR count). The predicted octanol–water partition coefficient (Wildman–Crippen LogP) is 2.83. The number of carbonyl (C=O) groups excluding carboxylic acids is 1. The Morgan fingerprint density at radius 1 is 1.29 bits per heavy atom. The van der Waals surface area contributed by atoms with Crippen molar-refractivity contribution in [3.63, 3.8) is 0 Å². The minimum atomic E-state index is -0.0706. The van der Waals surface area contributed by atoms with E-state index in [0.717, 1.165) is 16.3 Å². The Hall–Kier alpha value is -2.19. The highest BCUT2D eigenvalue weighted by atomic mass is 32.2. The van der Waals surface area contributed by atoms with E-state index in [1.807, 2.05) is 42.6 Å². The van der Waals surface area contributed by atoms with Gasteiger partial charge in [-0.25, -0.2) is 4.98 Å². The molecule has 0 spiro atoms. The average molecular weight is 360 g/mol. The van der Waals surface area contributed by atoms with Gasteiger partial charge in [-0.1, -0.05) is 42.1 Å². The number of nitrogens with one attached hydrogen (secondary N) is 1. The number of carbonyl (C=O) groups is 1. The van der Waals surface area contributed by atoms with Crippen molar-refractivity contribution >= 4 is 29.0 Å². The lowest BCUT2D eigenvalue weighted by Gasteiger charge is -2.03. The van der Waals surface area contributed by atoms with Crippen LogP contribution in [0.1, 0.15) is 22.2 Å². The second kappa shape index (κ2) is 8.07. The fourth-order valence-corrected chi connectivity index (χ4v) is 3.21. The van der Waals surface area contributed by atoms with E-state index in [4.69, 9.17) is 4.42 Å². The summed E-state index contributed by atoms with van der Waals surface area (Å²) in [5.74, 6) is 0.677. The zero-order valence-corrected chi connectivity index (χ0v) is 14.7. The summed E-state index contributed by atoms with van der Waals surface area (Å²) >= 11 is 2.82. The zero-order valence-electron chi connectivity index (χ0n) is 13.1. The van der Waals surface area contributed by atoms with E-state index in [1.54, 1.807) is 11.3 Å². The van der Waals surface area contributed by atoms with Gasteiger partial charge in [-0.3, -0.25) is 4.79 Å². The van der Waals surface area contributed by atoms with Crippen molar-refractivity contribution in [2.45, 2.75) is 25.1 Å². The molecule has 0 aliphatic rings. The normalized spacial score (nSPS) is 10.7. The molecule has 0 unspecified atom stereocenters. The highest BCUT2D eigenvalue weighted by Crippen LogP contribution is 2.18. The quantitative estimate of drug-likeness (QED) is 0.653. The van der Waals surface area contributed by atoms with Crippen LogP contribution in [0.15, 0.2) is 45.4 Å². The van der Waals surface area contributed by atoms with E-state index in [0.29, 0.717) is 24.1 Å². The lowest BCUT2D eigenvalue weighted by molar-refractivity contribution is -0.118. The maximum absolute atomic E-state index is 11.9. The van der Waals surface area contributed by atoms with Gasteiger partial charge in [0.25, 0.3) is 5.22 Å². The standard InChI is InChI=1S/C16H16N4O2S2/c1-11-18-13(9-23-11)7-15-19-20-16(22-15)24-10-14(21)17-8-12-5-3-2-4-6-12/h2-6,9H,7-8,10H2,1H3,(H,17,21). The lowest BCUT2D eigenvalue weighted by atomic mass is 10.2. The van der Waals surface area contributed by atoms with Crippen LogP contribution in [0.5, 0.6) is 0 Å². The van der Waals surface area contributed by atoms with Crippen LogP contribution in [0.3, 0.4) is 0 Å². The van der Waals surface area contributed by atoms with Crippen molar-refractivity contribution < 1.29 is 9.21 Å². The van der Waals surface area contributed by atoms with Crippen LogP contribution in [-0.4, -0.2) is 26.8 Å². The third-order valence-electron chi connectivity index (χ3n) is 3.11. The van der Waals surface area contributed by atoms with Crippen LogP contribution in [0.2, 0.25) is 0 Å². The lowest BCUT2D eigenvalue weighted by Crippen LogP contribution is -2.24. The first-order valence-electron chi connectivity index (χ1n) is 7.36. The van der Waals surface area contributed by atoms with Crippen molar-refractivity contribution in [2.75, 3.05) is 5.75 Å². The number of amides is 1. The summed E-state index contributed by atoms with van der Waals surface area (Å²) in [6.45, 7) is 2.47. The van der Waals surface area contributed by atoms with Crippen LogP contribution in [-0.2, 0) is 17.8 Å². The number of benzene rings is 1. The highest BCUT2D eigenvalue weighted by Gasteiger charge is 2.11. The van der Waals surface area contributed by atoms with Crippen LogP contribution in [0.4, 0.5) is 0 Å². The Kier molecular flexibility index (Phi) is 5.60. The smallest absolute Gasteiger partial charge is 0.277 e. The van der Waals surface area contributed by atoms with Gasteiger partial charge in [-0.05, 0) is 12.5 Å². The van der Waals surface area contributed by atoms with Gasteiger partial charge in [0.15, 0.2) is 0 Å². The summed E-state index contributed by atoms with van der Waals surface area (Å²) in [5.41, 5.74) is 1.98. The molecule has 0 radical (unpaired) electrons. The molecule has 124 valence electrons. The Bertz CT molecular complexity index is 801. The largest absolute Gasteiger partial charge is 0.416 e. The first-order valence-corrected chi connectivity index (χ1v) is 9.22. The predicted molar refractivity (Wildman–Crippen MR) is 93.0 cm³/mol. The molecular formula is C16H16N4O2S2. The molecule has 1 aromatic carbocycles. The second-order valence-electron chi connectivity index (χ2n) is 5.05. The van der Waals surface area contributed by atoms with Gasteiger partial charge < -0.3 is 9.73 Å². The van der Waals surface area contributed by atoms with E-state index >= 15 is 0 Å². The van der Waals surface area contributed by atoms with E-state index in [2.05, 4.69) is 20.5 Å². The number of hydrogen-bond acceptors (Lipinski definition) is 7. The number of aromatic nitrogens is 3.